The smallest absolute Gasteiger partial charge is 0.283 e. The van der Waals surface area contributed by atoms with Gasteiger partial charge in [-0.3, -0.25) is 4.99 Å². The summed E-state index contributed by atoms with van der Waals surface area (Å²) in [5, 5.41) is 10.1. The molecule has 1 aromatic carbocycles. The van der Waals surface area contributed by atoms with E-state index in [4.69, 9.17) is 31.8 Å². The van der Waals surface area contributed by atoms with Crippen LogP contribution >= 0.6 is 11.6 Å². The highest BCUT2D eigenvalue weighted by molar-refractivity contribution is 6.26. The predicted octanol–water partition coefficient (Wildman–Crippen LogP) is 2.22. The first-order valence-electron chi connectivity index (χ1n) is 9.35. The Morgan fingerprint density at radius 1 is 1.30 bits per heavy atom. The lowest BCUT2D eigenvalue weighted by atomic mass is 9.67. The number of dihydropyridines is 1. The molecule has 7 heteroatoms. The first-order valence-corrected chi connectivity index (χ1v) is 9.72. The zero-order chi connectivity index (χ0) is 18.6. The highest BCUT2D eigenvalue weighted by Crippen LogP contribution is 2.53. The summed E-state index contributed by atoms with van der Waals surface area (Å²) in [6.45, 7) is 0.872. The van der Waals surface area contributed by atoms with Gasteiger partial charge in [-0.05, 0) is 36.6 Å². The van der Waals surface area contributed by atoms with Crippen molar-refractivity contribution < 1.29 is 14.6 Å². The number of nitrogens with two attached hydrogens (primary N) is 1. The number of aliphatic imine (C=N–C) groups is 2. The molecule has 3 aliphatic heterocycles. The molecular weight excluding hydrogens is 366 g/mol. The SMILES string of the molecule is NC1=NC2(CO1)c1cc(C3(Cl)C=CC=NC3)ccc1O[C@H]1C[C@@H](O)CC[C@@H]12. The molecule has 1 spiro atoms. The van der Waals surface area contributed by atoms with Gasteiger partial charge in [0.25, 0.3) is 6.02 Å². The predicted molar refractivity (Wildman–Crippen MR) is 103 cm³/mol. The van der Waals surface area contributed by atoms with Gasteiger partial charge in [-0.15, -0.1) is 11.6 Å². The number of aliphatic hydroxyl groups excluding tert-OH is 1. The Labute approximate surface area is 162 Å². The number of hydrogen-bond acceptors (Lipinski definition) is 6. The van der Waals surface area contributed by atoms with E-state index >= 15 is 0 Å². The van der Waals surface area contributed by atoms with Gasteiger partial charge in [0.05, 0.1) is 12.6 Å². The monoisotopic (exact) mass is 387 g/mol. The molecule has 3 heterocycles. The van der Waals surface area contributed by atoms with Crippen molar-refractivity contribution in [1.29, 1.82) is 0 Å². The van der Waals surface area contributed by atoms with Gasteiger partial charge in [0, 0.05) is 24.1 Å². The van der Waals surface area contributed by atoms with Gasteiger partial charge in [-0.25, -0.2) is 4.99 Å². The average molecular weight is 388 g/mol. The maximum Gasteiger partial charge on any atom is 0.283 e. The highest BCUT2D eigenvalue weighted by Gasteiger charge is 2.55. The van der Waals surface area contributed by atoms with Crippen LogP contribution < -0.4 is 10.5 Å². The summed E-state index contributed by atoms with van der Waals surface area (Å²) >= 11 is 6.86. The van der Waals surface area contributed by atoms with E-state index in [9.17, 15) is 5.11 Å². The van der Waals surface area contributed by atoms with Gasteiger partial charge in [-0.1, -0.05) is 12.1 Å². The number of amidine groups is 1. The molecule has 0 amide bonds. The van der Waals surface area contributed by atoms with Crippen molar-refractivity contribution in [2.45, 2.75) is 41.9 Å². The molecule has 1 aromatic rings. The molecule has 4 aliphatic rings. The standard InChI is InChI=1S/C20H22ClN3O3/c21-19(6-1-7-23-10-19)12-2-5-16-15(8-12)20(11-26-18(22)24-20)14-4-3-13(25)9-17(14)27-16/h1-2,5-8,13-14,17,25H,3-4,9-11H2,(H2,22,24)/t13-,14-,17-,19?,20?/m0/s1. The molecule has 27 heavy (non-hydrogen) atoms. The van der Waals surface area contributed by atoms with Crippen molar-refractivity contribution in [1.82, 2.24) is 0 Å². The van der Waals surface area contributed by atoms with Crippen LogP contribution in [0.25, 0.3) is 0 Å². The van der Waals surface area contributed by atoms with E-state index in [1.807, 2.05) is 24.3 Å². The maximum absolute atomic E-state index is 10.1. The number of rotatable bonds is 1. The summed E-state index contributed by atoms with van der Waals surface area (Å²) in [5.41, 5.74) is 7.26. The fraction of sp³-hybridized carbons (Fsp3) is 0.500. The van der Waals surface area contributed by atoms with Crippen LogP contribution in [0.5, 0.6) is 5.75 Å². The van der Waals surface area contributed by atoms with Crippen LogP contribution in [0.3, 0.4) is 0 Å². The minimum absolute atomic E-state index is 0.102. The van der Waals surface area contributed by atoms with E-state index < -0.39 is 10.4 Å². The molecule has 142 valence electrons. The summed E-state index contributed by atoms with van der Waals surface area (Å²) in [5.74, 6) is 0.871. The van der Waals surface area contributed by atoms with E-state index in [1.54, 1.807) is 6.21 Å². The minimum atomic E-state index is -0.681. The molecule has 1 saturated carbocycles. The van der Waals surface area contributed by atoms with Gasteiger partial charge in [-0.2, -0.15) is 0 Å². The van der Waals surface area contributed by atoms with Crippen LogP contribution in [0.1, 0.15) is 30.4 Å². The topological polar surface area (TPSA) is 89.4 Å². The Bertz CT molecular complexity index is 870. The lowest BCUT2D eigenvalue weighted by Crippen LogP contribution is -2.51. The Balaban J connectivity index is 1.64. The van der Waals surface area contributed by atoms with Crippen LogP contribution in [-0.4, -0.2) is 42.7 Å². The minimum Gasteiger partial charge on any atom is -0.490 e. The van der Waals surface area contributed by atoms with Crippen molar-refractivity contribution in [2.75, 3.05) is 13.2 Å². The van der Waals surface area contributed by atoms with Gasteiger partial charge < -0.3 is 20.3 Å². The van der Waals surface area contributed by atoms with Crippen molar-refractivity contribution in [3.63, 3.8) is 0 Å². The zero-order valence-electron chi connectivity index (χ0n) is 14.8. The summed E-state index contributed by atoms with van der Waals surface area (Å²) in [7, 11) is 0. The third-order valence-corrected chi connectivity index (χ3v) is 6.67. The number of benzene rings is 1. The molecule has 0 saturated heterocycles. The van der Waals surface area contributed by atoms with Crippen LogP contribution in [0, 0.1) is 5.92 Å². The summed E-state index contributed by atoms with van der Waals surface area (Å²) in [6, 6.07) is 6.21. The van der Waals surface area contributed by atoms with Gasteiger partial charge >= 0.3 is 0 Å². The van der Waals surface area contributed by atoms with Crippen LogP contribution in [-0.2, 0) is 15.1 Å². The Morgan fingerprint density at radius 2 is 2.19 bits per heavy atom. The van der Waals surface area contributed by atoms with E-state index in [0.717, 1.165) is 29.7 Å². The second-order valence-electron chi connectivity index (χ2n) is 7.81. The number of ether oxygens (including phenoxy) is 2. The quantitative estimate of drug-likeness (QED) is 0.723. The Morgan fingerprint density at radius 3 is 2.93 bits per heavy atom. The Hall–Kier alpha value is -2.05. The molecule has 0 radical (unpaired) electrons. The number of nitrogens with zero attached hydrogens (tertiary/aromatic N) is 2. The molecule has 0 aromatic heterocycles. The number of aliphatic hydroxyl groups is 1. The first-order chi connectivity index (χ1) is 13.0. The van der Waals surface area contributed by atoms with Crippen molar-refractivity contribution in [2.24, 2.45) is 21.6 Å². The van der Waals surface area contributed by atoms with Gasteiger partial charge in [0.1, 0.15) is 28.9 Å². The molecule has 6 nitrogen and oxygen atoms in total. The Kier molecular flexibility index (Phi) is 3.78. The summed E-state index contributed by atoms with van der Waals surface area (Å²) in [4.78, 5) is 8.40. The second kappa shape index (κ2) is 5.97. The largest absolute Gasteiger partial charge is 0.490 e. The van der Waals surface area contributed by atoms with Crippen LogP contribution in [0.15, 0.2) is 40.3 Å². The third-order valence-electron chi connectivity index (χ3n) is 6.20. The fourth-order valence-electron chi connectivity index (χ4n) is 4.83. The molecular formula is C20H22ClN3O3. The zero-order valence-corrected chi connectivity index (χ0v) is 15.6. The van der Waals surface area contributed by atoms with E-state index in [-0.39, 0.29) is 24.1 Å². The molecule has 2 unspecified atom stereocenters. The van der Waals surface area contributed by atoms with Crippen molar-refractivity contribution in [3.8, 4) is 5.75 Å². The van der Waals surface area contributed by atoms with Crippen LogP contribution in [0.4, 0.5) is 0 Å². The number of halogens is 1. The van der Waals surface area contributed by atoms with Crippen molar-refractivity contribution >= 4 is 23.8 Å². The highest BCUT2D eigenvalue weighted by atomic mass is 35.5. The molecule has 1 fully saturated rings. The molecule has 5 rings (SSSR count). The van der Waals surface area contributed by atoms with Crippen molar-refractivity contribution in [3.05, 3.63) is 41.5 Å². The lowest BCUT2D eigenvalue weighted by Gasteiger charge is -2.47. The first kappa shape index (κ1) is 17.1. The fourth-order valence-corrected chi connectivity index (χ4v) is 5.09. The van der Waals surface area contributed by atoms with Crippen LogP contribution in [0.2, 0.25) is 0 Å². The number of allylic oxidation sites excluding steroid dienone is 1. The lowest BCUT2D eigenvalue weighted by molar-refractivity contribution is -0.0361. The summed E-state index contributed by atoms with van der Waals surface area (Å²) in [6.07, 6.45) is 7.28. The maximum atomic E-state index is 10.1. The summed E-state index contributed by atoms with van der Waals surface area (Å²) < 4.78 is 11.9. The third kappa shape index (κ3) is 2.57. The van der Waals surface area contributed by atoms with E-state index in [0.29, 0.717) is 19.6 Å². The van der Waals surface area contributed by atoms with E-state index in [1.165, 1.54) is 0 Å². The molecule has 1 aliphatic carbocycles. The molecule has 3 N–H and O–H groups in total. The van der Waals surface area contributed by atoms with Gasteiger partial charge in [0.2, 0.25) is 0 Å². The number of hydrogen-bond donors (Lipinski definition) is 2. The second-order valence-corrected chi connectivity index (χ2v) is 8.49. The average Bonchev–Trinajstić information content (AvgIpc) is 3.04. The van der Waals surface area contributed by atoms with E-state index in [2.05, 4.69) is 11.1 Å². The molecule has 5 atom stereocenters. The number of fused-ring (bicyclic) bond motifs is 4. The number of alkyl halides is 1. The normalized spacial score (nSPS) is 39.3. The molecule has 0 bridgehead atoms. The van der Waals surface area contributed by atoms with Gasteiger partial charge in [0.15, 0.2) is 0 Å².